The monoisotopic (exact) mass is 290 g/mol. The third-order valence-electron chi connectivity index (χ3n) is 4.32. The van der Waals surface area contributed by atoms with Crippen molar-refractivity contribution in [3.05, 3.63) is 56.6 Å². The first kappa shape index (κ1) is 11.4. The minimum absolute atomic E-state index is 0.0804. The fourth-order valence-electron chi connectivity index (χ4n) is 3.20. The number of rotatable bonds is 2. The Morgan fingerprint density at radius 1 is 0.500 bits per heavy atom. The second-order valence-electron chi connectivity index (χ2n) is 5.54. The van der Waals surface area contributed by atoms with Gasteiger partial charge in [0.25, 0.3) is 11.4 Å². The molecule has 0 aromatic heterocycles. The van der Waals surface area contributed by atoms with Gasteiger partial charge in [0.1, 0.15) is 0 Å². The lowest BCUT2D eigenvalue weighted by Crippen LogP contribution is -1.82. The molecule has 0 N–H and O–H groups in total. The van der Waals surface area contributed by atoms with E-state index in [9.17, 15) is 20.2 Å². The molecule has 0 radical (unpaired) electrons. The van der Waals surface area contributed by atoms with Gasteiger partial charge in [-0.1, -0.05) is 0 Å². The van der Waals surface area contributed by atoms with E-state index in [0.29, 0.717) is 0 Å². The van der Waals surface area contributed by atoms with Crippen LogP contribution in [0.2, 0.25) is 0 Å². The first-order chi connectivity index (χ1) is 10.5. The summed E-state index contributed by atoms with van der Waals surface area (Å²) in [6.07, 6.45) is 0. The van der Waals surface area contributed by atoms with Gasteiger partial charge in [0.05, 0.1) is 9.85 Å². The lowest BCUT2D eigenvalue weighted by molar-refractivity contribution is -0.384. The van der Waals surface area contributed by atoms with Gasteiger partial charge in [-0.05, 0) is 55.2 Å². The van der Waals surface area contributed by atoms with E-state index in [1.165, 1.54) is 0 Å². The fraction of sp³-hybridized carbons (Fsp3) is 0. The largest absolute Gasteiger partial charge is 0.270 e. The van der Waals surface area contributed by atoms with Gasteiger partial charge < -0.3 is 0 Å². The summed E-state index contributed by atoms with van der Waals surface area (Å²) in [7, 11) is 0. The fourth-order valence-corrected chi connectivity index (χ4v) is 3.20. The Labute approximate surface area is 121 Å². The molecule has 0 atom stereocenters. The predicted octanol–water partition coefficient (Wildman–Crippen LogP) is 4.43. The van der Waals surface area contributed by atoms with Gasteiger partial charge in [-0.15, -0.1) is 0 Å². The Kier molecular flexibility index (Phi) is 1.71. The number of nitro groups is 2. The van der Waals surface area contributed by atoms with E-state index in [1.807, 2.05) is 12.1 Å². The van der Waals surface area contributed by atoms with Crippen LogP contribution < -0.4 is 0 Å². The third kappa shape index (κ3) is 1.28. The summed E-state index contributed by atoms with van der Waals surface area (Å²) in [6, 6.07) is 10.2. The Morgan fingerprint density at radius 2 is 0.727 bits per heavy atom. The van der Waals surface area contributed by atoms with Crippen molar-refractivity contribution >= 4 is 54.5 Å². The summed E-state index contributed by atoms with van der Waals surface area (Å²) in [5.41, 5.74) is 0.161. The first-order valence-electron chi connectivity index (χ1n) is 6.64. The van der Waals surface area contributed by atoms with Crippen LogP contribution in [0.15, 0.2) is 36.4 Å². The maximum Gasteiger partial charge on any atom is 0.270 e. The van der Waals surface area contributed by atoms with Gasteiger partial charge in [-0.25, -0.2) is 0 Å². The van der Waals surface area contributed by atoms with Crippen LogP contribution in [0.3, 0.4) is 0 Å². The van der Waals surface area contributed by atoms with Crippen LogP contribution in [0.1, 0.15) is 0 Å². The van der Waals surface area contributed by atoms with Crippen molar-refractivity contribution in [1.82, 2.24) is 0 Å². The molecular weight excluding hydrogens is 284 g/mol. The smallest absolute Gasteiger partial charge is 0.258 e. The minimum Gasteiger partial charge on any atom is -0.258 e. The summed E-state index contributed by atoms with van der Waals surface area (Å²) in [6.45, 7) is 0. The average Bonchev–Trinajstić information content (AvgIpc) is 3.34. The van der Waals surface area contributed by atoms with Gasteiger partial charge in [0, 0.05) is 24.3 Å². The van der Waals surface area contributed by atoms with E-state index in [1.54, 1.807) is 24.3 Å². The molecule has 0 aliphatic carbocycles. The summed E-state index contributed by atoms with van der Waals surface area (Å²) < 4.78 is 0. The lowest BCUT2D eigenvalue weighted by atomic mass is 10.2. The predicted molar refractivity (Wildman–Crippen MR) is 83.3 cm³/mol. The number of fused-ring (bicyclic) bond motifs is 8. The van der Waals surface area contributed by atoms with Crippen LogP contribution in [0.5, 0.6) is 0 Å². The molecule has 0 saturated carbocycles. The number of hydrogen-bond acceptors (Lipinski definition) is 4. The molecule has 6 heteroatoms. The van der Waals surface area contributed by atoms with Gasteiger partial charge in [0.15, 0.2) is 0 Å². The van der Waals surface area contributed by atoms with E-state index >= 15 is 0 Å². The quantitative estimate of drug-likeness (QED) is 0.355. The van der Waals surface area contributed by atoms with Gasteiger partial charge in [-0.3, -0.25) is 20.2 Å². The molecule has 0 saturated heterocycles. The molecule has 6 nitrogen and oxygen atoms in total. The van der Waals surface area contributed by atoms with E-state index in [0.717, 1.165) is 43.1 Å². The molecule has 5 rings (SSSR count). The highest BCUT2D eigenvalue weighted by atomic mass is 16.6. The molecule has 0 fully saturated rings. The summed E-state index contributed by atoms with van der Waals surface area (Å²) in [5.74, 6) is 0. The van der Waals surface area contributed by atoms with E-state index in [-0.39, 0.29) is 11.4 Å². The van der Waals surface area contributed by atoms with Crippen LogP contribution in [-0.4, -0.2) is 9.85 Å². The van der Waals surface area contributed by atoms with Crippen LogP contribution in [0.25, 0.3) is 43.1 Å². The van der Waals surface area contributed by atoms with E-state index in [2.05, 4.69) is 0 Å². The Hall–Kier alpha value is -3.28. The number of nitrogens with zero attached hydrogens (tertiary/aromatic N) is 2. The Bertz CT molecular complexity index is 1050. The van der Waals surface area contributed by atoms with Crippen LogP contribution in [0.4, 0.5) is 11.4 Å². The molecule has 104 valence electrons. The van der Waals surface area contributed by atoms with E-state index in [4.69, 9.17) is 0 Å². The Morgan fingerprint density at radius 3 is 0.955 bits per heavy atom. The van der Waals surface area contributed by atoms with Crippen molar-refractivity contribution in [1.29, 1.82) is 0 Å². The van der Waals surface area contributed by atoms with Crippen molar-refractivity contribution in [2.75, 3.05) is 0 Å². The maximum atomic E-state index is 11.0. The second-order valence-corrected chi connectivity index (χ2v) is 5.54. The van der Waals surface area contributed by atoms with Crippen molar-refractivity contribution in [3.8, 4) is 0 Å². The second kappa shape index (κ2) is 3.30. The normalized spacial score (nSPS) is 12.4. The van der Waals surface area contributed by atoms with Crippen LogP contribution >= 0.6 is 0 Å². The highest BCUT2D eigenvalue weighted by molar-refractivity contribution is 6.36. The molecule has 0 unspecified atom stereocenters. The summed E-state index contributed by atoms with van der Waals surface area (Å²) in [5, 5.41) is 29.1. The van der Waals surface area contributed by atoms with Crippen molar-refractivity contribution in [2.45, 2.75) is 0 Å². The molecule has 22 heavy (non-hydrogen) atoms. The van der Waals surface area contributed by atoms with Crippen LogP contribution in [-0.2, 0) is 0 Å². The molecule has 0 aliphatic heterocycles. The topological polar surface area (TPSA) is 86.3 Å². The highest BCUT2D eigenvalue weighted by Gasteiger charge is 2.23. The van der Waals surface area contributed by atoms with Gasteiger partial charge >= 0.3 is 0 Å². The van der Waals surface area contributed by atoms with Crippen molar-refractivity contribution in [3.63, 3.8) is 0 Å². The Balaban J connectivity index is 1.98. The SMILES string of the molecule is O=[N+]([O-])c1cc2c(c1)c1cc1c1cc([N+](=O)[O-])cc1c1cc21. The van der Waals surface area contributed by atoms with Gasteiger partial charge in [0.2, 0.25) is 0 Å². The summed E-state index contributed by atoms with van der Waals surface area (Å²) in [4.78, 5) is 21.2. The molecule has 0 bridgehead atoms. The van der Waals surface area contributed by atoms with Crippen molar-refractivity contribution < 1.29 is 9.85 Å². The maximum absolute atomic E-state index is 11.0. The molecular formula is C16H6N2O4. The standard InChI is InChI=1S/C16H6N2O4/c19-17(20)7-1-9-10(2-7)14-6-16(14)12-4-8(18(21)22)3-11(12)15-5-13(9)15/h1-6H. The molecule has 0 amide bonds. The highest BCUT2D eigenvalue weighted by Crippen LogP contribution is 2.47. The molecule has 0 heterocycles. The summed E-state index contributed by atoms with van der Waals surface area (Å²) >= 11 is 0. The zero-order valence-corrected chi connectivity index (χ0v) is 11.0. The van der Waals surface area contributed by atoms with Crippen LogP contribution in [0, 0.1) is 20.2 Å². The lowest BCUT2D eigenvalue weighted by Gasteiger charge is -1.84. The van der Waals surface area contributed by atoms with Gasteiger partial charge in [-0.2, -0.15) is 0 Å². The van der Waals surface area contributed by atoms with Crippen molar-refractivity contribution in [2.24, 2.45) is 0 Å². The molecule has 5 aromatic rings. The average molecular weight is 290 g/mol. The first-order valence-corrected chi connectivity index (χ1v) is 6.64. The molecule has 5 aromatic carbocycles. The molecule has 0 aliphatic rings. The number of hydrogen-bond donors (Lipinski definition) is 0. The van der Waals surface area contributed by atoms with E-state index < -0.39 is 9.85 Å². The minimum atomic E-state index is -0.395. The zero-order chi connectivity index (χ0) is 15.2. The molecule has 0 spiro atoms. The zero-order valence-electron chi connectivity index (χ0n) is 11.0. The third-order valence-corrected chi connectivity index (χ3v) is 4.32.